The summed E-state index contributed by atoms with van der Waals surface area (Å²) in [7, 11) is 0. The quantitative estimate of drug-likeness (QED) is 0.936. The van der Waals surface area contributed by atoms with Crippen LogP contribution < -0.4 is 5.32 Å². The molecule has 0 aromatic heterocycles. The van der Waals surface area contributed by atoms with Crippen LogP contribution in [0.4, 0.5) is 14.9 Å². The second-order valence-corrected chi connectivity index (χ2v) is 6.01. The number of hydrogen-bond donors (Lipinski definition) is 1. The number of urea groups is 1. The van der Waals surface area contributed by atoms with Crippen LogP contribution in [0.5, 0.6) is 0 Å². The van der Waals surface area contributed by atoms with Gasteiger partial charge in [-0.25, -0.2) is 9.18 Å². The molecule has 2 amide bonds. The molecule has 1 aliphatic heterocycles. The van der Waals surface area contributed by atoms with Crippen LogP contribution in [0.15, 0.2) is 48.5 Å². The Morgan fingerprint density at radius 1 is 1.04 bits per heavy atom. The van der Waals surface area contributed by atoms with Crippen molar-refractivity contribution in [3.8, 4) is 6.07 Å². The van der Waals surface area contributed by atoms with Gasteiger partial charge < -0.3 is 10.2 Å². The van der Waals surface area contributed by atoms with E-state index in [0.717, 1.165) is 25.2 Å². The fraction of sp³-hybridized carbons (Fsp3) is 0.263. The molecule has 0 radical (unpaired) electrons. The van der Waals surface area contributed by atoms with Gasteiger partial charge >= 0.3 is 6.03 Å². The third kappa shape index (κ3) is 4.55. The van der Waals surface area contributed by atoms with Crippen LogP contribution in [-0.2, 0) is 6.54 Å². The summed E-state index contributed by atoms with van der Waals surface area (Å²) in [6.07, 6.45) is 0. The molecule has 25 heavy (non-hydrogen) atoms. The molecule has 5 nitrogen and oxygen atoms in total. The maximum Gasteiger partial charge on any atom is 0.321 e. The number of halogens is 1. The van der Waals surface area contributed by atoms with Gasteiger partial charge in [0, 0.05) is 38.4 Å². The summed E-state index contributed by atoms with van der Waals surface area (Å²) in [5.41, 5.74) is 2.31. The summed E-state index contributed by atoms with van der Waals surface area (Å²) in [6.45, 7) is 3.59. The van der Waals surface area contributed by atoms with Crippen LogP contribution in [-0.4, -0.2) is 42.0 Å². The van der Waals surface area contributed by atoms with Gasteiger partial charge in [-0.05, 0) is 42.0 Å². The van der Waals surface area contributed by atoms with E-state index in [0.29, 0.717) is 24.3 Å². The first-order chi connectivity index (χ1) is 12.1. The summed E-state index contributed by atoms with van der Waals surface area (Å²) in [6, 6.07) is 15.2. The number of carbonyl (C=O) groups is 1. The van der Waals surface area contributed by atoms with Crippen LogP contribution in [0, 0.1) is 17.1 Å². The zero-order valence-electron chi connectivity index (χ0n) is 13.8. The maximum absolute atomic E-state index is 12.9. The van der Waals surface area contributed by atoms with Crippen molar-refractivity contribution >= 4 is 11.7 Å². The molecular weight excluding hydrogens is 319 g/mol. The second-order valence-electron chi connectivity index (χ2n) is 6.01. The molecule has 2 aromatic rings. The lowest BCUT2D eigenvalue weighted by Gasteiger charge is -2.34. The highest BCUT2D eigenvalue weighted by atomic mass is 19.1. The number of benzene rings is 2. The Morgan fingerprint density at radius 2 is 1.68 bits per heavy atom. The van der Waals surface area contributed by atoms with E-state index in [9.17, 15) is 9.18 Å². The van der Waals surface area contributed by atoms with Crippen LogP contribution >= 0.6 is 0 Å². The normalized spacial score (nSPS) is 14.8. The summed E-state index contributed by atoms with van der Waals surface area (Å²) in [5.74, 6) is -0.229. The minimum Gasteiger partial charge on any atom is -0.322 e. The van der Waals surface area contributed by atoms with E-state index in [1.807, 2.05) is 6.07 Å². The Morgan fingerprint density at radius 3 is 2.28 bits per heavy atom. The molecular formula is C19H19FN4O. The Balaban J connectivity index is 1.48. The van der Waals surface area contributed by atoms with Crippen LogP contribution in [0.1, 0.15) is 11.1 Å². The van der Waals surface area contributed by atoms with Gasteiger partial charge in [-0.2, -0.15) is 5.26 Å². The molecule has 0 spiro atoms. The molecule has 0 saturated carbocycles. The van der Waals surface area contributed by atoms with Gasteiger partial charge in [0.25, 0.3) is 0 Å². The Bertz CT molecular complexity index is 760. The second kappa shape index (κ2) is 7.77. The summed E-state index contributed by atoms with van der Waals surface area (Å²) >= 11 is 0. The molecule has 6 heteroatoms. The molecule has 1 heterocycles. The zero-order chi connectivity index (χ0) is 17.6. The first-order valence-electron chi connectivity index (χ1n) is 8.17. The van der Waals surface area contributed by atoms with Crippen molar-refractivity contribution in [2.75, 3.05) is 31.5 Å². The van der Waals surface area contributed by atoms with E-state index in [1.54, 1.807) is 41.3 Å². The van der Waals surface area contributed by atoms with E-state index in [-0.39, 0.29) is 11.8 Å². The molecule has 2 aromatic carbocycles. The number of rotatable bonds is 3. The highest BCUT2D eigenvalue weighted by molar-refractivity contribution is 5.89. The van der Waals surface area contributed by atoms with Gasteiger partial charge in [0.2, 0.25) is 0 Å². The highest BCUT2D eigenvalue weighted by Gasteiger charge is 2.21. The topological polar surface area (TPSA) is 59.4 Å². The summed E-state index contributed by atoms with van der Waals surface area (Å²) in [5, 5.41) is 11.6. The molecule has 0 atom stereocenters. The van der Waals surface area contributed by atoms with Crippen LogP contribution in [0.3, 0.4) is 0 Å². The van der Waals surface area contributed by atoms with Gasteiger partial charge in [-0.15, -0.1) is 0 Å². The predicted octanol–water partition coefficient (Wildman–Crippen LogP) is 3.05. The number of piperazine rings is 1. The first-order valence-corrected chi connectivity index (χ1v) is 8.17. The average Bonchev–Trinajstić information content (AvgIpc) is 2.65. The van der Waals surface area contributed by atoms with Crippen molar-refractivity contribution in [3.63, 3.8) is 0 Å². The van der Waals surface area contributed by atoms with Crippen molar-refractivity contribution in [1.29, 1.82) is 5.26 Å². The smallest absolute Gasteiger partial charge is 0.321 e. The van der Waals surface area contributed by atoms with E-state index >= 15 is 0 Å². The van der Waals surface area contributed by atoms with Crippen LogP contribution in [0.25, 0.3) is 0 Å². The number of amides is 2. The van der Waals surface area contributed by atoms with Crippen molar-refractivity contribution in [1.82, 2.24) is 9.80 Å². The third-order valence-electron chi connectivity index (χ3n) is 4.24. The van der Waals surface area contributed by atoms with Gasteiger partial charge in [-0.3, -0.25) is 4.90 Å². The molecule has 1 N–H and O–H groups in total. The van der Waals surface area contributed by atoms with E-state index in [2.05, 4.69) is 10.2 Å². The first kappa shape index (κ1) is 16.9. The Labute approximate surface area is 146 Å². The minimum atomic E-state index is -0.229. The van der Waals surface area contributed by atoms with Crippen molar-refractivity contribution < 1.29 is 9.18 Å². The lowest BCUT2D eigenvalue weighted by molar-refractivity contribution is 0.143. The van der Waals surface area contributed by atoms with Crippen molar-refractivity contribution in [2.45, 2.75) is 6.54 Å². The minimum absolute atomic E-state index is 0.133. The van der Waals surface area contributed by atoms with E-state index in [4.69, 9.17) is 5.26 Å². The van der Waals surface area contributed by atoms with Crippen molar-refractivity contribution in [3.05, 3.63) is 65.5 Å². The molecule has 0 bridgehead atoms. The third-order valence-corrected chi connectivity index (χ3v) is 4.24. The van der Waals surface area contributed by atoms with Crippen molar-refractivity contribution in [2.24, 2.45) is 0 Å². The molecule has 1 aliphatic rings. The molecule has 0 aliphatic carbocycles. The number of carbonyl (C=O) groups excluding carboxylic acids is 1. The molecule has 0 unspecified atom stereocenters. The van der Waals surface area contributed by atoms with E-state index in [1.165, 1.54) is 12.1 Å². The molecule has 1 saturated heterocycles. The Kier molecular flexibility index (Phi) is 5.26. The summed E-state index contributed by atoms with van der Waals surface area (Å²) in [4.78, 5) is 16.3. The number of nitriles is 1. The fourth-order valence-electron chi connectivity index (χ4n) is 2.79. The number of nitrogens with one attached hydrogen (secondary N) is 1. The Hall–Kier alpha value is -2.91. The monoisotopic (exact) mass is 338 g/mol. The standard InChI is InChI=1S/C19H19FN4O/c20-17-5-1-16(2-6-17)14-23-9-11-24(12-10-23)19(25)22-18-7-3-15(13-21)4-8-18/h1-8H,9-12,14H2,(H,22,25). The van der Waals surface area contributed by atoms with Crippen LogP contribution in [0.2, 0.25) is 0 Å². The lowest BCUT2D eigenvalue weighted by Crippen LogP contribution is -2.49. The number of anilines is 1. The molecule has 128 valence electrons. The van der Waals surface area contributed by atoms with Gasteiger partial charge in [0.1, 0.15) is 5.82 Å². The van der Waals surface area contributed by atoms with Gasteiger partial charge in [0.15, 0.2) is 0 Å². The average molecular weight is 338 g/mol. The summed E-state index contributed by atoms with van der Waals surface area (Å²) < 4.78 is 12.9. The fourth-order valence-corrected chi connectivity index (χ4v) is 2.79. The SMILES string of the molecule is N#Cc1ccc(NC(=O)N2CCN(Cc3ccc(F)cc3)CC2)cc1. The molecule has 3 rings (SSSR count). The molecule has 1 fully saturated rings. The van der Waals surface area contributed by atoms with Gasteiger partial charge in [-0.1, -0.05) is 12.1 Å². The largest absolute Gasteiger partial charge is 0.322 e. The van der Waals surface area contributed by atoms with E-state index < -0.39 is 0 Å². The predicted molar refractivity (Wildman–Crippen MR) is 93.4 cm³/mol. The highest BCUT2D eigenvalue weighted by Crippen LogP contribution is 2.13. The lowest BCUT2D eigenvalue weighted by atomic mass is 10.2. The number of hydrogen-bond acceptors (Lipinski definition) is 3. The maximum atomic E-state index is 12.9. The number of nitrogens with zero attached hydrogens (tertiary/aromatic N) is 3. The zero-order valence-corrected chi connectivity index (χ0v) is 13.8. The van der Waals surface area contributed by atoms with Gasteiger partial charge in [0.05, 0.1) is 11.6 Å².